The summed E-state index contributed by atoms with van der Waals surface area (Å²) in [6, 6.07) is 5.63. The summed E-state index contributed by atoms with van der Waals surface area (Å²) in [4.78, 5) is 22.3. The minimum Gasteiger partial charge on any atom is -0.369 e. The number of benzene rings is 1. The number of carbonyl (C=O) groups is 1. The van der Waals surface area contributed by atoms with Gasteiger partial charge in [0.1, 0.15) is 0 Å². The maximum absolute atomic E-state index is 12.1. The number of rotatable bonds is 7. The van der Waals surface area contributed by atoms with E-state index in [1.807, 2.05) is 44.2 Å². The molecule has 1 aromatic rings. The molecule has 2 N–H and O–H groups in total. The van der Waals surface area contributed by atoms with E-state index in [9.17, 15) is 14.9 Å². The van der Waals surface area contributed by atoms with Gasteiger partial charge in [0.05, 0.1) is 11.1 Å². The van der Waals surface area contributed by atoms with Crippen LogP contribution in [0.1, 0.15) is 51.4 Å². The molecule has 0 aliphatic heterocycles. The van der Waals surface area contributed by atoms with Crippen molar-refractivity contribution < 1.29 is 9.72 Å². The van der Waals surface area contributed by atoms with Gasteiger partial charge in [-0.3, -0.25) is 14.9 Å². The number of carbonyl (C=O) groups excluding carboxylic acids is 1. The first-order valence-corrected chi connectivity index (χ1v) is 8.63. The van der Waals surface area contributed by atoms with Gasteiger partial charge in [-0.15, -0.1) is 0 Å². The lowest BCUT2D eigenvalue weighted by molar-refractivity contribution is -0.384. The molecule has 1 aromatic carbocycles. The molecule has 0 heterocycles. The summed E-state index contributed by atoms with van der Waals surface area (Å²) in [6.45, 7) is 9.86. The molecule has 0 aliphatic carbocycles. The minimum atomic E-state index is -0.525. The Kier molecular flexibility index (Phi) is 11.9. The van der Waals surface area contributed by atoms with Gasteiger partial charge in [0, 0.05) is 23.4 Å². The molecule has 0 saturated heterocycles. The number of non-ortho nitro benzene ring substituents is 1. The first-order chi connectivity index (χ1) is 12.3. The van der Waals surface area contributed by atoms with Crippen LogP contribution in [0, 0.1) is 10.1 Å². The Morgan fingerprint density at radius 1 is 1.23 bits per heavy atom. The maximum atomic E-state index is 12.1. The standard InChI is InChI=1S/C17H21N3O3.C3H8/c1-4-5-6-7-9-13(2)18-14(3)19-17(21)15-10-8-11-16(12-15)20(22)23;1-3-2/h4-12,14,18H,1-3H3,(H,19,21);3H2,1-2H3/b5-4+,7-6-,13-9+;. The van der Waals surface area contributed by atoms with Crippen molar-refractivity contribution in [2.24, 2.45) is 0 Å². The van der Waals surface area contributed by atoms with Crippen LogP contribution in [0.25, 0.3) is 0 Å². The van der Waals surface area contributed by atoms with Crippen LogP contribution in [0.2, 0.25) is 0 Å². The van der Waals surface area contributed by atoms with Crippen molar-refractivity contribution in [3.8, 4) is 0 Å². The van der Waals surface area contributed by atoms with E-state index in [0.717, 1.165) is 5.70 Å². The summed E-state index contributed by atoms with van der Waals surface area (Å²) in [5.41, 5.74) is 1.03. The summed E-state index contributed by atoms with van der Waals surface area (Å²) in [5, 5.41) is 16.6. The van der Waals surface area contributed by atoms with E-state index in [2.05, 4.69) is 24.5 Å². The third kappa shape index (κ3) is 10.1. The van der Waals surface area contributed by atoms with E-state index in [1.54, 1.807) is 6.92 Å². The normalized spacial score (nSPS) is 12.4. The van der Waals surface area contributed by atoms with E-state index in [1.165, 1.54) is 30.7 Å². The highest BCUT2D eigenvalue weighted by Crippen LogP contribution is 2.13. The SMILES string of the molecule is C/C=C/C=C\C=C(/C)NC(C)NC(=O)c1cccc([N+](=O)[O-])c1.CCC. The van der Waals surface area contributed by atoms with Gasteiger partial charge < -0.3 is 10.6 Å². The largest absolute Gasteiger partial charge is 0.369 e. The Morgan fingerprint density at radius 2 is 1.88 bits per heavy atom. The van der Waals surface area contributed by atoms with Crippen LogP contribution in [0.3, 0.4) is 0 Å². The zero-order valence-corrected chi connectivity index (χ0v) is 16.2. The zero-order chi connectivity index (χ0) is 19.9. The van der Waals surface area contributed by atoms with Gasteiger partial charge in [-0.05, 0) is 32.9 Å². The zero-order valence-electron chi connectivity index (χ0n) is 16.2. The fourth-order valence-corrected chi connectivity index (χ4v) is 1.84. The summed E-state index contributed by atoms with van der Waals surface area (Å²) in [7, 11) is 0. The number of allylic oxidation sites excluding steroid dienone is 6. The molecule has 0 radical (unpaired) electrons. The number of amides is 1. The molecule has 0 spiro atoms. The van der Waals surface area contributed by atoms with Crippen molar-refractivity contribution in [3.05, 3.63) is 76.0 Å². The number of nitro groups is 1. The number of hydrogen-bond donors (Lipinski definition) is 2. The van der Waals surface area contributed by atoms with E-state index >= 15 is 0 Å². The van der Waals surface area contributed by atoms with Crippen LogP contribution in [0.15, 0.2) is 60.3 Å². The van der Waals surface area contributed by atoms with Crippen molar-refractivity contribution >= 4 is 11.6 Å². The molecule has 0 aromatic heterocycles. The lowest BCUT2D eigenvalue weighted by atomic mass is 10.2. The van der Waals surface area contributed by atoms with Gasteiger partial charge in [-0.2, -0.15) is 0 Å². The Morgan fingerprint density at radius 3 is 2.46 bits per heavy atom. The van der Waals surface area contributed by atoms with Crippen molar-refractivity contribution in [2.75, 3.05) is 0 Å². The molecule has 1 unspecified atom stereocenters. The highest BCUT2D eigenvalue weighted by atomic mass is 16.6. The molecule has 6 heteroatoms. The Hall–Kier alpha value is -2.89. The Balaban J connectivity index is 0.00000194. The number of nitro benzene ring substituents is 1. The van der Waals surface area contributed by atoms with Crippen LogP contribution in [-0.4, -0.2) is 17.0 Å². The van der Waals surface area contributed by atoms with Gasteiger partial charge in [-0.1, -0.05) is 50.6 Å². The Bertz CT molecular complexity index is 664. The second-order valence-corrected chi connectivity index (χ2v) is 5.61. The van der Waals surface area contributed by atoms with Crippen molar-refractivity contribution in [1.29, 1.82) is 0 Å². The summed E-state index contributed by atoms with van der Waals surface area (Å²) < 4.78 is 0. The third-order valence-corrected chi connectivity index (χ3v) is 2.87. The third-order valence-electron chi connectivity index (χ3n) is 2.87. The Labute approximate surface area is 155 Å². The fourth-order valence-electron chi connectivity index (χ4n) is 1.84. The van der Waals surface area contributed by atoms with Crippen LogP contribution in [0.4, 0.5) is 5.69 Å². The second kappa shape index (κ2) is 13.4. The number of nitrogens with zero attached hydrogens (tertiary/aromatic N) is 1. The summed E-state index contributed by atoms with van der Waals surface area (Å²) in [5.74, 6) is -0.369. The molecule has 0 saturated carbocycles. The topological polar surface area (TPSA) is 84.3 Å². The van der Waals surface area contributed by atoms with Gasteiger partial charge in [0.25, 0.3) is 11.6 Å². The molecule has 6 nitrogen and oxygen atoms in total. The van der Waals surface area contributed by atoms with E-state index in [0.29, 0.717) is 0 Å². The first kappa shape index (κ1) is 23.1. The molecule has 26 heavy (non-hydrogen) atoms. The predicted molar refractivity (Wildman–Crippen MR) is 107 cm³/mol. The quantitative estimate of drug-likeness (QED) is 0.319. The van der Waals surface area contributed by atoms with Crippen LogP contribution < -0.4 is 10.6 Å². The van der Waals surface area contributed by atoms with Crippen LogP contribution in [-0.2, 0) is 0 Å². The molecule has 0 aliphatic rings. The second-order valence-electron chi connectivity index (χ2n) is 5.61. The molecule has 1 rings (SSSR count). The summed E-state index contributed by atoms with van der Waals surface area (Å²) in [6.07, 6.45) is 10.4. The molecular weight excluding hydrogens is 330 g/mol. The number of nitrogens with one attached hydrogen (secondary N) is 2. The molecule has 1 amide bonds. The van der Waals surface area contributed by atoms with Gasteiger partial charge >= 0.3 is 0 Å². The van der Waals surface area contributed by atoms with E-state index in [4.69, 9.17) is 0 Å². The minimum absolute atomic E-state index is 0.108. The lowest BCUT2D eigenvalue weighted by Crippen LogP contribution is -2.42. The molecule has 0 fully saturated rings. The summed E-state index contributed by atoms with van der Waals surface area (Å²) >= 11 is 0. The van der Waals surface area contributed by atoms with Crippen molar-refractivity contribution in [1.82, 2.24) is 10.6 Å². The highest BCUT2D eigenvalue weighted by Gasteiger charge is 2.13. The molecule has 1 atom stereocenters. The van der Waals surface area contributed by atoms with E-state index < -0.39 is 4.92 Å². The van der Waals surface area contributed by atoms with Crippen molar-refractivity contribution in [2.45, 2.75) is 47.2 Å². The first-order valence-electron chi connectivity index (χ1n) is 8.63. The van der Waals surface area contributed by atoms with E-state index in [-0.39, 0.29) is 23.3 Å². The number of hydrogen-bond acceptors (Lipinski definition) is 4. The average molecular weight is 359 g/mol. The van der Waals surface area contributed by atoms with Crippen LogP contribution in [0.5, 0.6) is 0 Å². The van der Waals surface area contributed by atoms with Crippen molar-refractivity contribution in [3.63, 3.8) is 0 Å². The van der Waals surface area contributed by atoms with Crippen LogP contribution >= 0.6 is 0 Å². The predicted octanol–water partition coefficient (Wildman–Crippen LogP) is 4.71. The smallest absolute Gasteiger partial charge is 0.270 e. The lowest BCUT2D eigenvalue weighted by Gasteiger charge is -2.17. The molecule has 0 bridgehead atoms. The average Bonchev–Trinajstić information content (AvgIpc) is 2.59. The molecule has 142 valence electrons. The monoisotopic (exact) mass is 359 g/mol. The highest BCUT2D eigenvalue weighted by molar-refractivity contribution is 5.94. The van der Waals surface area contributed by atoms with Gasteiger partial charge in [-0.25, -0.2) is 0 Å². The molecular formula is C20H29N3O3. The maximum Gasteiger partial charge on any atom is 0.270 e. The fraction of sp³-hybridized carbons (Fsp3) is 0.350. The van der Waals surface area contributed by atoms with Gasteiger partial charge in [0.15, 0.2) is 0 Å². The van der Waals surface area contributed by atoms with Gasteiger partial charge in [0.2, 0.25) is 0 Å².